The van der Waals surface area contributed by atoms with Crippen LogP contribution in [0.25, 0.3) is 0 Å². The van der Waals surface area contributed by atoms with E-state index in [0.29, 0.717) is 6.61 Å². The van der Waals surface area contributed by atoms with Crippen LogP contribution in [0.2, 0.25) is 0 Å². The second-order valence-electron chi connectivity index (χ2n) is 5.09. The number of carbonyl (C=O) groups is 1. The highest BCUT2D eigenvalue weighted by Gasteiger charge is 2.09. The zero-order valence-corrected chi connectivity index (χ0v) is 12.7. The van der Waals surface area contributed by atoms with Crippen molar-refractivity contribution >= 4 is 5.97 Å². The van der Waals surface area contributed by atoms with Gasteiger partial charge in [-0.1, -0.05) is 42.5 Å². The number of ether oxygens (including phenoxy) is 2. The largest absolute Gasteiger partial charge is 0.488 e. The second-order valence-corrected chi connectivity index (χ2v) is 5.09. The van der Waals surface area contributed by atoms with E-state index in [1.165, 1.54) is 7.11 Å². The molecule has 0 aliphatic heterocycles. The molecule has 3 heteroatoms. The van der Waals surface area contributed by atoms with Gasteiger partial charge in [0.1, 0.15) is 12.4 Å². The Kier molecular flexibility index (Phi) is 4.99. The Hall–Kier alpha value is -2.29. The summed E-state index contributed by atoms with van der Waals surface area (Å²) in [5.41, 5.74) is 4.15. The van der Waals surface area contributed by atoms with Gasteiger partial charge in [0.25, 0.3) is 0 Å². The normalized spacial score (nSPS) is 10.2. The summed E-state index contributed by atoms with van der Waals surface area (Å²) in [4.78, 5) is 11.3. The molecule has 0 aromatic heterocycles. The summed E-state index contributed by atoms with van der Waals surface area (Å²) in [6, 6.07) is 14.0. The van der Waals surface area contributed by atoms with Crippen LogP contribution < -0.4 is 4.74 Å². The first kappa shape index (κ1) is 15.1. The molecule has 0 amide bonds. The van der Waals surface area contributed by atoms with Gasteiger partial charge in [0.05, 0.1) is 13.5 Å². The first-order chi connectivity index (χ1) is 10.1. The number of aryl methyl sites for hydroxylation is 2. The van der Waals surface area contributed by atoms with E-state index in [4.69, 9.17) is 9.47 Å². The molecular weight excluding hydrogens is 264 g/mol. The Labute approximate surface area is 125 Å². The summed E-state index contributed by atoms with van der Waals surface area (Å²) in [6.07, 6.45) is 0.289. The fraction of sp³-hybridized carbons (Fsp3) is 0.278. The van der Waals surface area contributed by atoms with Gasteiger partial charge < -0.3 is 9.47 Å². The molecule has 0 aliphatic carbocycles. The lowest BCUT2D eigenvalue weighted by atomic mass is 10.0. The van der Waals surface area contributed by atoms with Gasteiger partial charge >= 0.3 is 5.97 Å². The third kappa shape index (κ3) is 4.09. The summed E-state index contributed by atoms with van der Waals surface area (Å²) in [5, 5.41) is 0. The zero-order chi connectivity index (χ0) is 15.2. The molecule has 0 spiro atoms. The van der Waals surface area contributed by atoms with Crippen molar-refractivity contribution in [3.05, 3.63) is 64.7 Å². The van der Waals surface area contributed by atoms with Crippen LogP contribution in [0.15, 0.2) is 42.5 Å². The summed E-state index contributed by atoms with van der Waals surface area (Å²) < 4.78 is 10.6. The van der Waals surface area contributed by atoms with E-state index in [-0.39, 0.29) is 12.4 Å². The van der Waals surface area contributed by atoms with E-state index in [1.54, 1.807) is 0 Å². The van der Waals surface area contributed by atoms with Gasteiger partial charge in [0.15, 0.2) is 0 Å². The predicted molar refractivity (Wildman–Crippen MR) is 82.4 cm³/mol. The van der Waals surface area contributed by atoms with Crippen molar-refractivity contribution in [3.8, 4) is 5.75 Å². The smallest absolute Gasteiger partial charge is 0.309 e. The van der Waals surface area contributed by atoms with Gasteiger partial charge in [-0.05, 0) is 36.1 Å². The van der Waals surface area contributed by atoms with Gasteiger partial charge in [0.2, 0.25) is 0 Å². The standard InChI is InChI=1S/C18H20O3/c1-13-9-16(11-17(19)20-3)10-14(2)18(13)21-12-15-7-5-4-6-8-15/h4-10H,11-12H2,1-3H3. The van der Waals surface area contributed by atoms with Crippen LogP contribution in [-0.4, -0.2) is 13.1 Å². The molecule has 0 heterocycles. The average Bonchev–Trinajstić information content (AvgIpc) is 2.47. The monoisotopic (exact) mass is 284 g/mol. The lowest BCUT2D eigenvalue weighted by molar-refractivity contribution is -0.139. The van der Waals surface area contributed by atoms with Crippen molar-refractivity contribution in [2.45, 2.75) is 26.9 Å². The van der Waals surface area contributed by atoms with Crippen LogP contribution >= 0.6 is 0 Å². The number of hydrogen-bond acceptors (Lipinski definition) is 3. The lowest BCUT2D eigenvalue weighted by Gasteiger charge is -2.14. The van der Waals surface area contributed by atoms with E-state index in [0.717, 1.165) is 28.0 Å². The average molecular weight is 284 g/mol. The maximum atomic E-state index is 11.3. The highest BCUT2D eigenvalue weighted by atomic mass is 16.5. The first-order valence-electron chi connectivity index (χ1n) is 6.94. The van der Waals surface area contributed by atoms with E-state index in [2.05, 4.69) is 0 Å². The molecule has 0 bridgehead atoms. The van der Waals surface area contributed by atoms with Gasteiger partial charge in [-0.2, -0.15) is 0 Å². The third-order valence-electron chi connectivity index (χ3n) is 3.32. The third-order valence-corrected chi connectivity index (χ3v) is 3.32. The lowest BCUT2D eigenvalue weighted by Crippen LogP contribution is -2.06. The number of rotatable bonds is 5. The Morgan fingerprint density at radius 3 is 2.19 bits per heavy atom. The van der Waals surface area contributed by atoms with Crippen molar-refractivity contribution in [3.63, 3.8) is 0 Å². The summed E-state index contributed by atoms with van der Waals surface area (Å²) >= 11 is 0. The molecule has 2 aromatic carbocycles. The van der Waals surface area contributed by atoms with Crippen molar-refractivity contribution in [2.75, 3.05) is 7.11 Å². The van der Waals surface area contributed by atoms with Crippen LogP contribution in [0.4, 0.5) is 0 Å². The molecule has 21 heavy (non-hydrogen) atoms. The first-order valence-corrected chi connectivity index (χ1v) is 6.94. The summed E-state index contributed by atoms with van der Waals surface area (Å²) in [6.45, 7) is 4.53. The molecule has 0 N–H and O–H groups in total. The quantitative estimate of drug-likeness (QED) is 0.787. The minimum absolute atomic E-state index is 0.230. The molecular formula is C18H20O3. The molecule has 110 valence electrons. The van der Waals surface area contributed by atoms with Gasteiger partial charge in [-0.25, -0.2) is 0 Å². The SMILES string of the molecule is COC(=O)Cc1cc(C)c(OCc2ccccc2)c(C)c1. The van der Waals surface area contributed by atoms with E-state index in [9.17, 15) is 4.79 Å². The van der Waals surface area contributed by atoms with E-state index >= 15 is 0 Å². The predicted octanol–water partition coefficient (Wildman–Crippen LogP) is 3.60. The Morgan fingerprint density at radius 1 is 1.00 bits per heavy atom. The molecule has 0 saturated heterocycles. The molecule has 2 aromatic rings. The Balaban J connectivity index is 2.12. The molecule has 0 aliphatic rings. The highest BCUT2D eigenvalue weighted by molar-refractivity contribution is 5.72. The van der Waals surface area contributed by atoms with Gasteiger partial charge in [-0.3, -0.25) is 4.79 Å². The van der Waals surface area contributed by atoms with Crippen molar-refractivity contribution in [1.29, 1.82) is 0 Å². The number of carbonyl (C=O) groups excluding carboxylic acids is 1. The number of benzene rings is 2. The number of esters is 1. The fourth-order valence-electron chi connectivity index (χ4n) is 2.34. The molecule has 0 radical (unpaired) electrons. The van der Waals surface area contributed by atoms with Gasteiger partial charge in [0, 0.05) is 0 Å². The summed E-state index contributed by atoms with van der Waals surface area (Å²) in [7, 11) is 1.40. The minimum Gasteiger partial charge on any atom is -0.488 e. The minimum atomic E-state index is -0.230. The fourth-order valence-corrected chi connectivity index (χ4v) is 2.34. The Morgan fingerprint density at radius 2 is 1.62 bits per heavy atom. The van der Waals surface area contributed by atoms with E-state index in [1.807, 2.05) is 56.3 Å². The maximum Gasteiger partial charge on any atom is 0.309 e. The Bertz CT molecular complexity index is 595. The highest BCUT2D eigenvalue weighted by Crippen LogP contribution is 2.26. The van der Waals surface area contributed by atoms with Crippen molar-refractivity contribution in [2.24, 2.45) is 0 Å². The van der Waals surface area contributed by atoms with Crippen molar-refractivity contribution in [1.82, 2.24) is 0 Å². The zero-order valence-electron chi connectivity index (χ0n) is 12.7. The number of methoxy groups -OCH3 is 1. The molecule has 3 nitrogen and oxygen atoms in total. The molecule has 0 fully saturated rings. The molecule has 0 unspecified atom stereocenters. The maximum absolute atomic E-state index is 11.3. The van der Waals surface area contributed by atoms with Crippen LogP contribution in [0.1, 0.15) is 22.3 Å². The molecule has 0 atom stereocenters. The van der Waals surface area contributed by atoms with Crippen LogP contribution in [0, 0.1) is 13.8 Å². The number of hydrogen-bond donors (Lipinski definition) is 0. The topological polar surface area (TPSA) is 35.5 Å². The summed E-state index contributed by atoms with van der Waals surface area (Å²) in [5.74, 6) is 0.652. The van der Waals surface area contributed by atoms with Crippen LogP contribution in [-0.2, 0) is 22.6 Å². The molecule has 2 rings (SSSR count). The second kappa shape index (κ2) is 6.93. The van der Waals surface area contributed by atoms with Crippen LogP contribution in [0.5, 0.6) is 5.75 Å². The van der Waals surface area contributed by atoms with Gasteiger partial charge in [-0.15, -0.1) is 0 Å². The van der Waals surface area contributed by atoms with Crippen LogP contribution in [0.3, 0.4) is 0 Å². The molecule has 0 saturated carbocycles. The van der Waals surface area contributed by atoms with E-state index < -0.39 is 0 Å². The van der Waals surface area contributed by atoms with Crippen molar-refractivity contribution < 1.29 is 14.3 Å².